The molecule has 0 atom stereocenters. The zero-order valence-corrected chi connectivity index (χ0v) is 17.8. The van der Waals surface area contributed by atoms with Crippen LogP contribution >= 0.6 is 11.3 Å². The number of nitrogens with one attached hydrogen (secondary N) is 1. The van der Waals surface area contributed by atoms with E-state index in [0.717, 1.165) is 0 Å². The van der Waals surface area contributed by atoms with Gasteiger partial charge in [0.1, 0.15) is 16.5 Å². The third kappa shape index (κ3) is 6.09. The molecule has 1 aliphatic heterocycles. The van der Waals surface area contributed by atoms with Gasteiger partial charge >= 0.3 is 12.5 Å². The van der Waals surface area contributed by atoms with E-state index >= 15 is 0 Å². The number of hydrogen-bond donors (Lipinski definition) is 1. The Kier molecular flexibility index (Phi) is 7.04. The molecule has 1 aromatic heterocycles. The van der Waals surface area contributed by atoms with Gasteiger partial charge in [-0.05, 0) is 51.0 Å². The molecule has 1 aliphatic rings. The van der Waals surface area contributed by atoms with E-state index in [-0.39, 0.29) is 29.5 Å². The number of halogens is 3. The maximum Gasteiger partial charge on any atom is 0.573 e. The highest BCUT2D eigenvalue weighted by atomic mass is 32.1. The number of piperidine rings is 1. The number of amides is 2. The number of alkyl halides is 3. The molecule has 0 spiro atoms. The number of carbonyl (C=O) groups is 2. The Hall–Kier alpha value is -2.82. The van der Waals surface area contributed by atoms with Gasteiger partial charge < -0.3 is 19.7 Å². The molecule has 0 bridgehead atoms. The van der Waals surface area contributed by atoms with Crippen LogP contribution in [-0.4, -0.2) is 54.0 Å². The predicted molar refractivity (Wildman–Crippen MR) is 108 cm³/mol. The molecule has 31 heavy (non-hydrogen) atoms. The average molecular weight is 457 g/mol. The number of thiazole rings is 1. The number of aromatic nitrogens is 1. The lowest BCUT2D eigenvalue weighted by atomic mass is 10.1. The van der Waals surface area contributed by atoms with Crippen molar-refractivity contribution in [3.8, 4) is 16.3 Å². The van der Waals surface area contributed by atoms with Crippen molar-refractivity contribution in [2.45, 2.75) is 39.1 Å². The SMILES string of the molecule is CCOC(=O)N1CCC(NC(=O)c2nc(-c3ccc(OC(F)(F)F)cc3)sc2C)CC1. The summed E-state index contributed by atoms with van der Waals surface area (Å²) in [5.41, 5.74) is 0.868. The largest absolute Gasteiger partial charge is 0.573 e. The third-order valence-electron chi connectivity index (χ3n) is 4.70. The van der Waals surface area contributed by atoms with E-state index in [1.54, 1.807) is 18.7 Å². The minimum atomic E-state index is -4.75. The maximum atomic E-state index is 12.7. The highest BCUT2D eigenvalue weighted by Gasteiger charge is 2.31. The highest BCUT2D eigenvalue weighted by molar-refractivity contribution is 7.15. The summed E-state index contributed by atoms with van der Waals surface area (Å²) in [5.74, 6) is -0.636. The van der Waals surface area contributed by atoms with Gasteiger partial charge in [-0.3, -0.25) is 4.79 Å². The summed E-state index contributed by atoms with van der Waals surface area (Å²) in [6.07, 6.45) is -3.88. The van der Waals surface area contributed by atoms with Gasteiger partial charge in [0.25, 0.3) is 5.91 Å². The molecular formula is C20H22F3N3O4S. The third-order valence-corrected chi connectivity index (χ3v) is 5.72. The Labute approximate surface area is 181 Å². The summed E-state index contributed by atoms with van der Waals surface area (Å²) in [5, 5.41) is 3.47. The number of carbonyl (C=O) groups excluding carboxylic acids is 2. The number of rotatable bonds is 5. The number of benzene rings is 1. The van der Waals surface area contributed by atoms with Crippen molar-refractivity contribution in [3.63, 3.8) is 0 Å². The van der Waals surface area contributed by atoms with Crippen LogP contribution in [0.15, 0.2) is 24.3 Å². The smallest absolute Gasteiger partial charge is 0.450 e. The summed E-state index contributed by atoms with van der Waals surface area (Å²) < 4.78 is 45.7. The Bertz CT molecular complexity index is 923. The summed E-state index contributed by atoms with van der Waals surface area (Å²) >= 11 is 1.28. The molecule has 2 amide bonds. The van der Waals surface area contributed by atoms with Crippen LogP contribution in [0.2, 0.25) is 0 Å². The lowest BCUT2D eigenvalue weighted by Gasteiger charge is -2.31. The minimum absolute atomic E-state index is 0.0819. The van der Waals surface area contributed by atoms with Gasteiger partial charge in [-0.1, -0.05) is 0 Å². The van der Waals surface area contributed by atoms with Gasteiger partial charge in [-0.25, -0.2) is 9.78 Å². The van der Waals surface area contributed by atoms with Crippen molar-refractivity contribution in [2.75, 3.05) is 19.7 Å². The number of likely N-dealkylation sites (tertiary alicyclic amines) is 1. The molecule has 7 nitrogen and oxygen atoms in total. The second kappa shape index (κ2) is 9.54. The first-order valence-electron chi connectivity index (χ1n) is 9.72. The van der Waals surface area contributed by atoms with Crippen LogP contribution in [-0.2, 0) is 4.74 Å². The van der Waals surface area contributed by atoms with Crippen LogP contribution in [0.1, 0.15) is 35.1 Å². The second-order valence-corrected chi connectivity index (χ2v) is 8.13. The van der Waals surface area contributed by atoms with Crippen LogP contribution in [0.5, 0.6) is 5.75 Å². The first-order chi connectivity index (χ1) is 14.7. The quantitative estimate of drug-likeness (QED) is 0.721. The van der Waals surface area contributed by atoms with E-state index in [4.69, 9.17) is 4.74 Å². The monoisotopic (exact) mass is 457 g/mol. The second-order valence-electron chi connectivity index (χ2n) is 6.93. The summed E-state index contributed by atoms with van der Waals surface area (Å²) in [6.45, 7) is 4.83. The molecular weight excluding hydrogens is 435 g/mol. The predicted octanol–water partition coefficient (Wildman–Crippen LogP) is 4.37. The zero-order valence-electron chi connectivity index (χ0n) is 17.0. The first kappa shape index (κ1) is 22.9. The molecule has 11 heteroatoms. The van der Waals surface area contributed by atoms with Crippen LogP contribution in [0, 0.1) is 6.92 Å². The van der Waals surface area contributed by atoms with Crippen molar-refractivity contribution in [2.24, 2.45) is 0 Å². The number of ether oxygens (including phenoxy) is 2. The molecule has 0 unspecified atom stereocenters. The van der Waals surface area contributed by atoms with Crippen molar-refractivity contribution in [3.05, 3.63) is 34.8 Å². The number of nitrogens with zero attached hydrogens (tertiary/aromatic N) is 2. The van der Waals surface area contributed by atoms with Gasteiger partial charge in [0, 0.05) is 29.6 Å². The molecule has 168 valence electrons. The Morgan fingerprint density at radius 1 is 1.23 bits per heavy atom. The molecule has 2 heterocycles. The van der Waals surface area contributed by atoms with Gasteiger partial charge in [-0.2, -0.15) is 0 Å². The Balaban J connectivity index is 1.60. The van der Waals surface area contributed by atoms with Gasteiger partial charge in [0.15, 0.2) is 0 Å². The van der Waals surface area contributed by atoms with Gasteiger partial charge in [0.05, 0.1) is 6.61 Å². The van der Waals surface area contributed by atoms with Crippen molar-refractivity contribution in [1.82, 2.24) is 15.2 Å². The molecule has 1 fully saturated rings. The number of aryl methyl sites for hydroxylation is 1. The first-order valence-corrected chi connectivity index (χ1v) is 10.5. The van der Waals surface area contributed by atoms with Crippen molar-refractivity contribution >= 4 is 23.3 Å². The van der Waals surface area contributed by atoms with E-state index in [1.807, 2.05) is 0 Å². The van der Waals surface area contributed by atoms with E-state index < -0.39 is 6.36 Å². The fourth-order valence-corrected chi connectivity index (χ4v) is 4.12. The Morgan fingerprint density at radius 3 is 2.45 bits per heavy atom. The molecule has 0 aliphatic carbocycles. The normalized spacial score (nSPS) is 14.9. The van der Waals surface area contributed by atoms with Gasteiger partial charge in [0.2, 0.25) is 0 Å². The molecule has 1 N–H and O–H groups in total. The highest BCUT2D eigenvalue weighted by Crippen LogP contribution is 2.30. The van der Waals surface area contributed by atoms with Crippen LogP contribution in [0.25, 0.3) is 10.6 Å². The minimum Gasteiger partial charge on any atom is -0.450 e. The van der Waals surface area contributed by atoms with Crippen LogP contribution < -0.4 is 10.1 Å². The molecule has 0 radical (unpaired) electrons. The fourth-order valence-electron chi connectivity index (χ4n) is 3.20. The molecule has 1 aromatic carbocycles. The molecule has 3 rings (SSSR count). The summed E-state index contributed by atoms with van der Waals surface area (Å²) in [7, 11) is 0. The standard InChI is InChI=1S/C20H22F3N3O4S/c1-3-29-19(28)26-10-8-14(9-11-26)24-17(27)16-12(2)31-18(25-16)13-4-6-15(7-5-13)30-20(21,22)23/h4-7,14H,3,8-11H2,1-2H3,(H,24,27). The van der Waals surface area contributed by atoms with Crippen molar-refractivity contribution in [1.29, 1.82) is 0 Å². The van der Waals surface area contributed by atoms with E-state index in [2.05, 4.69) is 15.0 Å². The van der Waals surface area contributed by atoms with Crippen LogP contribution in [0.4, 0.5) is 18.0 Å². The molecule has 0 saturated carbocycles. The molecule has 1 saturated heterocycles. The zero-order chi connectivity index (χ0) is 22.6. The lowest BCUT2D eigenvalue weighted by Crippen LogP contribution is -2.46. The topological polar surface area (TPSA) is 80.8 Å². The molecule has 2 aromatic rings. The van der Waals surface area contributed by atoms with E-state index in [0.29, 0.717) is 48.0 Å². The Morgan fingerprint density at radius 2 is 1.87 bits per heavy atom. The van der Waals surface area contributed by atoms with Crippen LogP contribution in [0.3, 0.4) is 0 Å². The number of hydrogen-bond acceptors (Lipinski definition) is 6. The van der Waals surface area contributed by atoms with Gasteiger partial charge in [-0.15, -0.1) is 24.5 Å². The fraction of sp³-hybridized carbons (Fsp3) is 0.450. The maximum absolute atomic E-state index is 12.7. The lowest BCUT2D eigenvalue weighted by molar-refractivity contribution is -0.274. The van der Waals surface area contributed by atoms with Crippen molar-refractivity contribution < 1.29 is 32.2 Å². The summed E-state index contributed by atoms with van der Waals surface area (Å²) in [4.78, 5) is 31.1. The van der Waals surface area contributed by atoms with E-state index in [9.17, 15) is 22.8 Å². The summed E-state index contributed by atoms with van der Waals surface area (Å²) in [6, 6.07) is 5.26. The average Bonchev–Trinajstić information content (AvgIpc) is 3.10. The van der Waals surface area contributed by atoms with E-state index in [1.165, 1.54) is 35.6 Å².